The number of rotatable bonds is 7. The maximum absolute atomic E-state index is 12.8. The predicted molar refractivity (Wildman–Crippen MR) is 115 cm³/mol. The molecule has 0 unspecified atom stereocenters. The van der Waals surface area contributed by atoms with E-state index in [1.54, 1.807) is 38.6 Å². The van der Waals surface area contributed by atoms with Crippen LogP contribution in [0.2, 0.25) is 0 Å². The van der Waals surface area contributed by atoms with Crippen LogP contribution < -0.4 is 15.6 Å². The Kier molecular flexibility index (Phi) is 6.61. The van der Waals surface area contributed by atoms with Crippen LogP contribution in [0.3, 0.4) is 0 Å². The number of hydrogen-bond acceptors (Lipinski definition) is 5. The molecular formula is C23H26N4O3. The van der Waals surface area contributed by atoms with Gasteiger partial charge in [-0.15, -0.1) is 0 Å². The molecule has 2 N–H and O–H groups in total. The number of nitrogens with one attached hydrogen (secondary N) is 2. The lowest BCUT2D eigenvalue weighted by atomic mass is 9.95. The lowest BCUT2D eigenvalue weighted by Gasteiger charge is -2.23. The molecule has 0 saturated heterocycles. The molecule has 2 heterocycles. The third-order valence-electron chi connectivity index (χ3n) is 4.97. The standard InChI is InChI=1S/C23H26N4O3/c1-14(2)21(16-5-7-18(30-4)8-6-16)26-20(28)13-19-15(3)25-22(27-23(19)29)17-9-11-24-12-10-17/h5-12,14,21H,13H2,1-4H3,(H,26,28)(H,25,27,29)/t21-/m1/s1. The molecule has 0 saturated carbocycles. The van der Waals surface area contributed by atoms with Crippen LogP contribution in [0, 0.1) is 12.8 Å². The number of aromatic nitrogens is 3. The molecule has 0 radical (unpaired) electrons. The third-order valence-corrected chi connectivity index (χ3v) is 4.97. The number of benzene rings is 1. The quantitative estimate of drug-likeness (QED) is 0.628. The highest BCUT2D eigenvalue weighted by Crippen LogP contribution is 2.24. The summed E-state index contributed by atoms with van der Waals surface area (Å²) in [6.07, 6.45) is 3.23. The summed E-state index contributed by atoms with van der Waals surface area (Å²) in [5.74, 6) is 1.17. The average molecular weight is 406 g/mol. The lowest BCUT2D eigenvalue weighted by Crippen LogP contribution is -2.34. The van der Waals surface area contributed by atoms with Crippen molar-refractivity contribution in [2.75, 3.05) is 7.11 Å². The molecule has 156 valence electrons. The number of aromatic amines is 1. The molecule has 7 heteroatoms. The van der Waals surface area contributed by atoms with Gasteiger partial charge < -0.3 is 15.0 Å². The Labute approximate surface area is 175 Å². The molecule has 3 aromatic rings. The van der Waals surface area contributed by atoms with Gasteiger partial charge in [-0.1, -0.05) is 26.0 Å². The number of ether oxygens (including phenoxy) is 1. The molecule has 1 atom stereocenters. The number of methoxy groups -OCH3 is 1. The normalized spacial score (nSPS) is 11.9. The smallest absolute Gasteiger partial charge is 0.255 e. The minimum atomic E-state index is -0.310. The Bertz CT molecular complexity index is 1060. The Morgan fingerprint density at radius 3 is 2.37 bits per heavy atom. The van der Waals surface area contributed by atoms with Crippen LogP contribution in [0.5, 0.6) is 5.75 Å². The Hall–Kier alpha value is -3.48. The maximum Gasteiger partial charge on any atom is 0.255 e. The lowest BCUT2D eigenvalue weighted by molar-refractivity contribution is -0.121. The van der Waals surface area contributed by atoms with Crippen LogP contribution in [-0.4, -0.2) is 28.0 Å². The predicted octanol–water partition coefficient (Wildman–Crippen LogP) is 3.20. The number of amides is 1. The van der Waals surface area contributed by atoms with E-state index in [4.69, 9.17) is 4.74 Å². The van der Waals surface area contributed by atoms with Crippen molar-refractivity contribution < 1.29 is 9.53 Å². The van der Waals surface area contributed by atoms with Crippen molar-refractivity contribution in [2.45, 2.75) is 33.2 Å². The molecule has 0 aliphatic carbocycles. The summed E-state index contributed by atoms with van der Waals surface area (Å²) in [5, 5.41) is 3.05. The van der Waals surface area contributed by atoms with Gasteiger partial charge in [0.2, 0.25) is 5.91 Å². The van der Waals surface area contributed by atoms with Gasteiger partial charge in [0.25, 0.3) is 5.56 Å². The first-order valence-corrected chi connectivity index (χ1v) is 9.82. The highest BCUT2D eigenvalue weighted by molar-refractivity contribution is 5.79. The molecule has 1 aromatic carbocycles. The van der Waals surface area contributed by atoms with Crippen molar-refractivity contribution in [2.24, 2.45) is 5.92 Å². The van der Waals surface area contributed by atoms with Gasteiger partial charge in [-0.2, -0.15) is 0 Å². The van der Waals surface area contributed by atoms with E-state index >= 15 is 0 Å². The minimum absolute atomic E-state index is 0.0375. The zero-order valence-corrected chi connectivity index (χ0v) is 17.6. The fraction of sp³-hybridized carbons (Fsp3) is 0.304. The van der Waals surface area contributed by atoms with Gasteiger partial charge in [0, 0.05) is 29.2 Å². The third kappa shape index (κ3) is 4.92. The first-order valence-electron chi connectivity index (χ1n) is 9.82. The van der Waals surface area contributed by atoms with E-state index in [-0.39, 0.29) is 29.8 Å². The van der Waals surface area contributed by atoms with Gasteiger partial charge in [0.05, 0.1) is 19.6 Å². The molecule has 0 aliphatic rings. The summed E-state index contributed by atoms with van der Waals surface area (Å²) in [6, 6.07) is 11.0. The van der Waals surface area contributed by atoms with Gasteiger partial charge in [0.15, 0.2) is 0 Å². The van der Waals surface area contributed by atoms with Crippen molar-refractivity contribution in [3.63, 3.8) is 0 Å². The molecule has 2 aromatic heterocycles. The van der Waals surface area contributed by atoms with Gasteiger partial charge in [0.1, 0.15) is 11.6 Å². The highest BCUT2D eigenvalue weighted by atomic mass is 16.5. The molecule has 7 nitrogen and oxygen atoms in total. The molecule has 0 bridgehead atoms. The molecule has 0 spiro atoms. The van der Waals surface area contributed by atoms with Crippen LogP contribution in [0.15, 0.2) is 53.6 Å². The number of carbonyl (C=O) groups excluding carboxylic acids is 1. The second kappa shape index (κ2) is 9.35. The topological polar surface area (TPSA) is 97.0 Å². The van der Waals surface area contributed by atoms with Crippen molar-refractivity contribution in [3.05, 3.63) is 76.0 Å². The van der Waals surface area contributed by atoms with Crippen LogP contribution in [-0.2, 0) is 11.2 Å². The summed E-state index contributed by atoms with van der Waals surface area (Å²) in [5.41, 5.74) is 2.33. The number of H-pyrrole nitrogens is 1. The fourth-order valence-corrected chi connectivity index (χ4v) is 3.30. The van der Waals surface area contributed by atoms with E-state index in [1.807, 2.05) is 38.1 Å². The molecular weight excluding hydrogens is 380 g/mol. The van der Waals surface area contributed by atoms with Gasteiger partial charge in [-0.3, -0.25) is 14.6 Å². The Balaban J connectivity index is 1.78. The summed E-state index contributed by atoms with van der Waals surface area (Å²) in [4.78, 5) is 36.6. The van der Waals surface area contributed by atoms with E-state index in [1.165, 1.54) is 0 Å². The summed E-state index contributed by atoms with van der Waals surface area (Å²) in [6.45, 7) is 5.82. The van der Waals surface area contributed by atoms with Gasteiger partial charge >= 0.3 is 0 Å². The first-order chi connectivity index (χ1) is 14.4. The van der Waals surface area contributed by atoms with Crippen molar-refractivity contribution in [3.8, 4) is 17.1 Å². The van der Waals surface area contributed by atoms with Gasteiger partial charge in [-0.25, -0.2) is 4.98 Å². The van der Waals surface area contributed by atoms with E-state index in [9.17, 15) is 9.59 Å². The fourth-order valence-electron chi connectivity index (χ4n) is 3.30. The summed E-state index contributed by atoms with van der Waals surface area (Å²) >= 11 is 0. The first kappa shape index (κ1) is 21.2. The second-order valence-corrected chi connectivity index (χ2v) is 7.45. The number of nitrogens with zero attached hydrogens (tertiary/aromatic N) is 2. The Morgan fingerprint density at radius 2 is 1.80 bits per heavy atom. The van der Waals surface area contributed by atoms with Crippen LogP contribution >= 0.6 is 0 Å². The zero-order valence-electron chi connectivity index (χ0n) is 17.6. The van der Waals surface area contributed by atoms with Crippen molar-refractivity contribution >= 4 is 5.91 Å². The Morgan fingerprint density at radius 1 is 1.13 bits per heavy atom. The summed E-state index contributed by atoms with van der Waals surface area (Å²) in [7, 11) is 1.62. The molecule has 0 fully saturated rings. The monoisotopic (exact) mass is 406 g/mol. The molecule has 30 heavy (non-hydrogen) atoms. The molecule has 1 amide bonds. The van der Waals surface area contributed by atoms with Crippen LogP contribution in [0.1, 0.15) is 36.7 Å². The summed E-state index contributed by atoms with van der Waals surface area (Å²) < 4.78 is 5.20. The van der Waals surface area contributed by atoms with Crippen LogP contribution in [0.25, 0.3) is 11.4 Å². The van der Waals surface area contributed by atoms with E-state index < -0.39 is 0 Å². The second-order valence-electron chi connectivity index (χ2n) is 7.45. The zero-order chi connectivity index (χ0) is 21.7. The number of pyridine rings is 1. The molecule has 3 rings (SSSR count). The average Bonchev–Trinajstić information content (AvgIpc) is 2.75. The number of hydrogen-bond donors (Lipinski definition) is 2. The van der Waals surface area contributed by atoms with Crippen molar-refractivity contribution in [1.82, 2.24) is 20.3 Å². The van der Waals surface area contributed by atoms with Crippen molar-refractivity contribution in [1.29, 1.82) is 0 Å². The maximum atomic E-state index is 12.8. The largest absolute Gasteiger partial charge is 0.497 e. The van der Waals surface area contributed by atoms with E-state index in [2.05, 4.69) is 20.3 Å². The van der Waals surface area contributed by atoms with E-state index in [0.717, 1.165) is 16.9 Å². The number of aryl methyl sites for hydroxylation is 1. The van der Waals surface area contributed by atoms with E-state index in [0.29, 0.717) is 17.1 Å². The van der Waals surface area contributed by atoms with Gasteiger partial charge in [-0.05, 0) is 42.7 Å². The SMILES string of the molecule is COc1ccc([C@H](NC(=O)Cc2c(C)nc(-c3ccncc3)[nH]c2=O)C(C)C)cc1. The number of carbonyl (C=O) groups is 1. The minimum Gasteiger partial charge on any atom is -0.497 e. The van der Waals surface area contributed by atoms with Crippen LogP contribution in [0.4, 0.5) is 0 Å². The molecule has 0 aliphatic heterocycles. The highest BCUT2D eigenvalue weighted by Gasteiger charge is 2.20.